The molecule has 0 spiro atoms. The summed E-state index contributed by atoms with van der Waals surface area (Å²) >= 11 is 0. The van der Waals surface area contributed by atoms with Crippen molar-refractivity contribution in [3.05, 3.63) is 60.2 Å². The van der Waals surface area contributed by atoms with Crippen LogP contribution in [0.1, 0.15) is 57.4 Å². The highest BCUT2D eigenvalue weighted by atomic mass is 28.2. The highest BCUT2D eigenvalue weighted by Gasteiger charge is 2.18. The summed E-state index contributed by atoms with van der Waals surface area (Å²) < 4.78 is 4.89. The van der Waals surface area contributed by atoms with E-state index in [9.17, 15) is 0 Å². The van der Waals surface area contributed by atoms with Crippen LogP contribution < -0.4 is 0 Å². The fourth-order valence-electron chi connectivity index (χ4n) is 3.15. The third-order valence-electron chi connectivity index (χ3n) is 4.56. The van der Waals surface area contributed by atoms with E-state index >= 15 is 0 Å². The van der Waals surface area contributed by atoms with Crippen molar-refractivity contribution < 1.29 is 4.43 Å². The molecule has 1 saturated carbocycles. The van der Waals surface area contributed by atoms with Gasteiger partial charge in [0.05, 0.1) is 0 Å². The third-order valence-corrected chi connectivity index (χ3v) is 5.50. The van der Waals surface area contributed by atoms with Gasteiger partial charge < -0.3 is 4.43 Å². The van der Waals surface area contributed by atoms with Gasteiger partial charge in [-0.05, 0) is 49.3 Å². The molecule has 23 heavy (non-hydrogen) atoms. The van der Waals surface area contributed by atoms with E-state index in [4.69, 9.17) is 4.43 Å². The van der Waals surface area contributed by atoms with E-state index in [2.05, 4.69) is 54.6 Å². The summed E-state index contributed by atoms with van der Waals surface area (Å²) in [6.45, 7) is 4.07. The molecule has 2 heteroatoms. The molecule has 124 valence electrons. The van der Waals surface area contributed by atoms with Gasteiger partial charge in [0.25, 0.3) is 0 Å². The van der Waals surface area contributed by atoms with Crippen molar-refractivity contribution in [3.63, 3.8) is 0 Å². The average Bonchev–Trinajstić information content (AvgIpc) is 2.63. The zero-order valence-electron chi connectivity index (χ0n) is 14.8. The van der Waals surface area contributed by atoms with Crippen LogP contribution in [-0.2, 0) is 4.43 Å². The summed E-state index contributed by atoms with van der Waals surface area (Å²) in [6.07, 6.45) is 7.39. The van der Waals surface area contributed by atoms with Crippen LogP contribution in [0.4, 0.5) is 0 Å². The van der Waals surface area contributed by atoms with Gasteiger partial charge >= 0.3 is 0 Å². The van der Waals surface area contributed by atoms with Crippen LogP contribution in [0.3, 0.4) is 0 Å². The lowest BCUT2D eigenvalue weighted by Crippen LogP contribution is -2.05. The zero-order chi connectivity index (χ0) is 16.5. The fourth-order valence-corrected chi connectivity index (χ4v) is 3.15. The maximum Gasteiger partial charge on any atom is 0.146 e. The van der Waals surface area contributed by atoms with E-state index in [0.717, 1.165) is 16.4 Å². The number of benzene rings is 2. The van der Waals surface area contributed by atoms with Gasteiger partial charge in [-0.1, -0.05) is 73.9 Å². The van der Waals surface area contributed by atoms with E-state index < -0.39 is 0 Å². The Labute approximate surface area is 144 Å². The number of hydrogen-bond donors (Lipinski definition) is 0. The van der Waals surface area contributed by atoms with Crippen molar-refractivity contribution >= 4 is 10.5 Å². The summed E-state index contributed by atoms with van der Waals surface area (Å²) in [5.74, 6) is 0.773. The molecule has 1 nitrogen and oxygen atoms in total. The van der Waals surface area contributed by atoms with Crippen LogP contribution in [0.15, 0.2) is 54.6 Å². The number of rotatable bonds is 3. The predicted molar refractivity (Wildman–Crippen MR) is 104 cm³/mol. The first kappa shape index (κ1) is 18.0. The van der Waals surface area contributed by atoms with Gasteiger partial charge in [-0.2, -0.15) is 0 Å². The highest BCUT2D eigenvalue weighted by molar-refractivity contribution is 5.98. The first-order chi connectivity index (χ1) is 11.2. The van der Waals surface area contributed by atoms with Gasteiger partial charge in [-0.25, -0.2) is 0 Å². The van der Waals surface area contributed by atoms with Crippen LogP contribution >= 0.6 is 0 Å². The van der Waals surface area contributed by atoms with Crippen molar-refractivity contribution in [2.45, 2.75) is 58.0 Å². The molecule has 0 bridgehead atoms. The molecule has 2 aromatic carbocycles. The Morgan fingerprint density at radius 2 is 1.43 bits per heavy atom. The lowest BCUT2D eigenvalue weighted by Gasteiger charge is -2.24. The van der Waals surface area contributed by atoms with Gasteiger partial charge in [0.15, 0.2) is 0 Å². The van der Waals surface area contributed by atoms with Crippen molar-refractivity contribution in [1.82, 2.24) is 0 Å². The monoisotopic (exact) mass is 326 g/mol. The molecule has 0 aliphatic heterocycles. The third kappa shape index (κ3) is 5.63. The molecule has 2 aromatic rings. The Morgan fingerprint density at radius 3 is 2.04 bits per heavy atom. The van der Waals surface area contributed by atoms with Gasteiger partial charge in [0.2, 0.25) is 0 Å². The van der Waals surface area contributed by atoms with Gasteiger partial charge in [-0.3, -0.25) is 0 Å². The van der Waals surface area contributed by atoms with Crippen molar-refractivity contribution in [2.24, 2.45) is 0 Å². The first-order valence-corrected chi connectivity index (χ1v) is 9.71. The summed E-state index contributed by atoms with van der Waals surface area (Å²) in [5, 5.41) is 0. The lowest BCUT2D eigenvalue weighted by atomic mass is 9.81. The van der Waals surface area contributed by atoms with Gasteiger partial charge in [0.1, 0.15) is 10.5 Å². The van der Waals surface area contributed by atoms with Crippen LogP contribution in [-0.4, -0.2) is 16.6 Å². The first-order valence-electron chi connectivity index (χ1n) is 8.89. The average molecular weight is 327 g/mol. The van der Waals surface area contributed by atoms with E-state index in [0.29, 0.717) is 6.10 Å². The maximum absolute atomic E-state index is 4.89. The lowest BCUT2D eigenvalue weighted by molar-refractivity contribution is 0.267. The molecule has 1 aliphatic carbocycles. The molecule has 0 saturated heterocycles. The Morgan fingerprint density at radius 1 is 0.870 bits per heavy atom. The summed E-state index contributed by atoms with van der Waals surface area (Å²) in [7, 11) is 0.873. The minimum atomic E-state index is 0.446. The minimum Gasteiger partial charge on any atom is -0.426 e. The van der Waals surface area contributed by atoms with Crippen LogP contribution in [0, 0.1) is 0 Å². The molecule has 0 heterocycles. The molecule has 0 unspecified atom stereocenters. The Balaban J connectivity index is 0.000000338. The topological polar surface area (TPSA) is 9.23 Å². The fraction of sp³-hybridized carbons (Fsp3) is 0.429. The largest absolute Gasteiger partial charge is 0.426 e. The van der Waals surface area contributed by atoms with Crippen LogP contribution in [0.2, 0.25) is 0 Å². The molecule has 0 atom stereocenters. The maximum atomic E-state index is 4.89. The smallest absolute Gasteiger partial charge is 0.146 e. The standard InChI is InChI=1S/C18H20.C3H10OSi/c1-3-9-15(10-4-1)17-13-7-8-14-18(17)16-11-5-2-6-12-16;1-3(2)4-5/h1,3-4,7-10,13-14,16H,2,5-6,11-12H2;3H,1-2,5H3. The Hall–Kier alpha value is -1.38. The SMILES string of the molecule is CC(C)O[SiH3].c1ccc(-c2ccccc2C2CCCCC2)cc1. The quantitative estimate of drug-likeness (QED) is 0.714. The van der Waals surface area contributed by atoms with Crippen molar-refractivity contribution in [3.8, 4) is 11.1 Å². The molecular formula is C21H30OSi. The Kier molecular flexibility index (Phi) is 7.57. The van der Waals surface area contributed by atoms with E-state index in [1.165, 1.54) is 43.2 Å². The van der Waals surface area contributed by atoms with Crippen molar-refractivity contribution in [2.75, 3.05) is 0 Å². The zero-order valence-corrected chi connectivity index (χ0v) is 16.8. The van der Waals surface area contributed by atoms with Crippen molar-refractivity contribution in [1.29, 1.82) is 0 Å². The van der Waals surface area contributed by atoms with E-state index in [-0.39, 0.29) is 0 Å². The highest BCUT2D eigenvalue weighted by Crippen LogP contribution is 2.37. The predicted octanol–water partition coefficient (Wildman–Crippen LogP) is 5.09. The minimum absolute atomic E-state index is 0.446. The molecule has 0 radical (unpaired) electrons. The van der Waals surface area contributed by atoms with E-state index in [1.54, 1.807) is 5.56 Å². The second-order valence-corrected chi connectivity index (χ2v) is 7.04. The molecular weight excluding hydrogens is 296 g/mol. The van der Waals surface area contributed by atoms with Gasteiger partial charge in [-0.15, -0.1) is 0 Å². The normalized spacial score (nSPS) is 15.3. The second kappa shape index (κ2) is 9.69. The number of hydrogen-bond acceptors (Lipinski definition) is 1. The van der Waals surface area contributed by atoms with Crippen LogP contribution in [0.5, 0.6) is 0 Å². The second-order valence-electron chi connectivity index (χ2n) is 6.57. The van der Waals surface area contributed by atoms with E-state index in [1.807, 2.05) is 13.8 Å². The summed E-state index contributed by atoms with van der Waals surface area (Å²) in [6, 6.07) is 19.8. The molecule has 0 N–H and O–H groups in total. The molecule has 0 aromatic heterocycles. The Bertz CT molecular complexity index is 559. The van der Waals surface area contributed by atoms with Gasteiger partial charge in [0, 0.05) is 6.10 Å². The summed E-state index contributed by atoms with van der Waals surface area (Å²) in [4.78, 5) is 0. The summed E-state index contributed by atoms with van der Waals surface area (Å²) in [5.41, 5.74) is 4.35. The molecule has 1 aliphatic rings. The molecule has 1 fully saturated rings. The molecule has 0 amide bonds. The molecule has 3 rings (SSSR count). The van der Waals surface area contributed by atoms with Crippen LogP contribution in [0.25, 0.3) is 11.1 Å².